The van der Waals surface area contributed by atoms with Crippen LogP contribution in [0.4, 0.5) is 5.69 Å². The van der Waals surface area contributed by atoms with Crippen LogP contribution in [0.2, 0.25) is 0 Å². The lowest BCUT2D eigenvalue weighted by Crippen LogP contribution is -2.15. The van der Waals surface area contributed by atoms with Gasteiger partial charge in [-0.25, -0.2) is 0 Å². The molecule has 0 aliphatic carbocycles. The molecule has 2 N–H and O–H groups in total. The normalized spacial score (nSPS) is 10.9. The van der Waals surface area contributed by atoms with Gasteiger partial charge in [0.05, 0.1) is 5.75 Å². The Labute approximate surface area is 135 Å². The minimum atomic E-state index is -0.353. The Balaban J connectivity index is 1.67. The molecule has 0 unspecified atom stereocenters. The number of rotatable bonds is 4. The molecule has 0 saturated heterocycles. The maximum absolute atomic E-state index is 12.1. The first-order valence-corrected chi connectivity index (χ1v) is 7.81. The van der Waals surface area contributed by atoms with Crippen molar-refractivity contribution >= 4 is 29.1 Å². The molecular formula is C14H14N6O2S. The first-order valence-electron chi connectivity index (χ1n) is 6.83. The van der Waals surface area contributed by atoms with Gasteiger partial charge in [-0.05, 0) is 37.1 Å². The summed E-state index contributed by atoms with van der Waals surface area (Å²) < 4.78 is 1.39. The van der Waals surface area contributed by atoms with Crippen molar-refractivity contribution in [2.45, 2.75) is 19.0 Å². The number of H-pyrrole nitrogens is 1. The van der Waals surface area contributed by atoms with Crippen molar-refractivity contribution in [1.29, 1.82) is 0 Å². The number of hydrogen-bond acceptors (Lipinski definition) is 6. The van der Waals surface area contributed by atoms with Crippen LogP contribution in [-0.4, -0.2) is 36.5 Å². The van der Waals surface area contributed by atoms with Crippen LogP contribution >= 0.6 is 11.8 Å². The number of amides is 1. The van der Waals surface area contributed by atoms with E-state index in [2.05, 4.69) is 25.6 Å². The molecule has 0 fully saturated rings. The Kier molecular flexibility index (Phi) is 4.11. The van der Waals surface area contributed by atoms with Gasteiger partial charge >= 0.3 is 0 Å². The van der Waals surface area contributed by atoms with Crippen LogP contribution in [0.5, 0.6) is 0 Å². The predicted octanol–water partition coefficient (Wildman–Crippen LogP) is 1.16. The first kappa shape index (κ1) is 15.2. The first-order chi connectivity index (χ1) is 11.0. The number of thioether (sulfide) groups is 1. The van der Waals surface area contributed by atoms with Crippen molar-refractivity contribution in [1.82, 2.24) is 24.8 Å². The third-order valence-corrected chi connectivity index (χ3v) is 3.89. The van der Waals surface area contributed by atoms with Crippen LogP contribution in [0.3, 0.4) is 0 Å². The highest BCUT2D eigenvalue weighted by molar-refractivity contribution is 7.99. The Hall–Kier alpha value is -2.68. The van der Waals surface area contributed by atoms with E-state index in [1.165, 1.54) is 16.3 Å². The van der Waals surface area contributed by atoms with Crippen molar-refractivity contribution in [2.24, 2.45) is 0 Å². The minimum absolute atomic E-state index is 0.152. The lowest BCUT2D eigenvalue weighted by molar-refractivity contribution is -0.113. The fourth-order valence-electron chi connectivity index (χ4n) is 2.16. The second-order valence-electron chi connectivity index (χ2n) is 5.07. The summed E-state index contributed by atoms with van der Waals surface area (Å²) in [4.78, 5) is 25.7. The second-order valence-corrected chi connectivity index (χ2v) is 6.01. The summed E-state index contributed by atoms with van der Waals surface area (Å²) >= 11 is 1.19. The molecular weight excluding hydrogens is 316 g/mol. The number of aryl methyl sites for hydroxylation is 2. The highest BCUT2D eigenvalue weighted by Crippen LogP contribution is 2.17. The molecule has 0 radical (unpaired) electrons. The fourth-order valence-corrected chi connectivity index (χ4v) is 2.85. The largest absolute Gasteiger partial charge is 0.325 e. The van der Waals surface area contributed by atoms with E-state index in [4.69, 9.17) is 0 Å². The Morgan fingerprint density at radius 2 is 2.00 bits per heavy atom. The van der Waals surface area contributed by atoms with Crippen LogP contribution in [0, 0.1) is 13.8 Å². The zero-order valence-corrected chi connectivity index (χ0v) is 13.3. The van der Waals surface area contributed by atoms with E-state index >= 15 is 0 Å². The third-order valence-electron chi connectivity index (χ3n) is 2.98. The molecule has 118 valence electrons. The van der Waals surface area contributed by atoms with E-state index < -0.39 is 0 Å². The SMILES string of the molecule is Cc1cc(C)cc(NC(=O)CSc2nnc3[nH]c(=O)cnn23)c1. The average molecular weight is 330 g/mol. The Morgan fingerprint density at radius 3 is 2.74 bits per heavy atom. The Morgan fingerprint density at radius 1 is 1.26 bits per heavy atom. The maximum atomic E-state index is 12.1. The molecule has 0 saturated carbocycles. The second kappa shape index (κ2) is 6.21. The van der Waals surface area contributed by atoms with Gasteiger partial charge in [0.15, 0.2) is 0 Å². The molecule has 9 heteroatoms. The highest BCUT2D eigenvalue weighted by Gasteiger charge is 2.11. The van der Waals surface area contributed by atoms with Gasteiger partial charge in [0.2, 0.25) is 11.1 Å². The maximum Gasteiger partial charge on any atom is 0.271 e. The summed E-state index contributed by atoms with van der Waals surface area (Å²) in [6, 6.07) is 5.86. The van der Waals surface area contributed by atoms with Crippen LogP contribution in [0.25, 0.3) is 5.78 Å². The summed E-state index contributed by atoms with van der Waals surface area (Å²) in [5, 5.41) is 14.9. The lowest BCUT2D eigenvalue weighted by atomic mass is 10.1. The number of carbonyl (C=O) groups excluding carboxylic acids is 1. The predicted molar refractivity (Wildman–Crippen MR) is 86.7 cm³/mol. The molecule has 3 aromatic rings. The van der Waals surface area contributed by atoms with Gasteiger partial charge in [0.25, 0.3) is 11.3 Å². The van der Waals surface area contributed by atoms with Crippen LogP contribution in [0.15, 0.2) is 34.3 Å². The average Bonchev–Trinajstić information content (AvgIpc) is 2.86. The summed E-state index contributed by atoms with van der Waals surface area (Å²) in [5.74, 6) is 0.255. The number of benzene rings is 1. The zero-order chi connectivity index (χ0) is 16.4. The molecule has 1 aromatic carbocycles. The summed E-state index contributed by atoms with van der Waals surface area (Å²) in [6.45, 7) is 3.96. The van der Waals surface area contributed by atoms with Crippen molar-refractivity contribution < 1.29 is 4.79 Å². The van der Waals surface area contributed by atoms with Crippen LogP contribution in [0.1, 0.15) is 11.1 Å². The van der Waals surface area contributed by atoms with Gasteiger partial charge in [-0.2, -0.15) is 9.61 Å². The molecule has 8 nitrogen and oxygen atoms in total. The molecule has 1 amide bonds. The van der Waals surface area contributed by atoms with E-state index in [1.54, 1.807) is 0 Å². The van der Waals surface area contributed by atoms with E-state index in [0.717, 1.165) is 23.0 Å². The van der Waals surface area contributed by atoms with Gasteiger partial charge in [-0.1, -0.05) is 17.8 Å². The molecule has 0 aliphatic rings. The fraction of sp³-hybridized carbons (Fsp3) is 0.214. The molecule has 0 spiro atoms. The number of carbonyl (C=O) groups is 1. The van der Waals surface area contributed by atoms with Crippen molar-refractivity contribution in [3.05, 3.63) is 45.9 Å². The van der Waals surface area contributed by atoms with E-state index in [-0.39, 0.29) is 23.0 Å². The molecule has 23 heavy (non-hydrogen) atoms. The lowest BCUT2D eigenvalue weighted by Gasteiger charge is -2.07. The van der Waals surface area contributed by atoms with Crippen LogP contribution < -0.4 is 10.9 Å². The van der Waals surface area contributed by atoms with Gasteiger partial charge in [0, 0.05) is 5.69 Å². The quantitative estimate of drug-likeness (QED) is 0.696. The van der Waals surface area contributed by atoms with Gasteiger partial charge in [-0.3, -0.25) is 14.6 Å². The van der Waals surface area contributed by atoms with Crippen molar-refractivity contribution in [3.8, 4) is 0 Å². The van der Waals surface area contributed by atoms with Crippen molar-refractivity contribution in [2.75, 3.05) is 11.1 Å². The smallest absolute Gasteiger partial charge is 0.271 e. The topological polar surface area (TPSA) is 105 Å². The number of fused-ring (bicyclic) bond motifs is 1. The van der Waals surface area contributed by atoms with Gasteiger partial charge in [-0.15, -0.1) is 10.2 Å². The molecule has 0 bridgehead atoms. The van der Waals surface area contributed by atoms with Gasteiger partial charge in [0.1, 0.15) is 6.20 Å². The minimum Gasteiger partial charge on any atom is -0.325 e. The Bertz CT molecular complexity index is 912. The molecule has 3 rings (SSSR count). The molecule has 2 heterocycles. The number of anilines is 1. The highest BCUT2D eigenvalue weighted by atomic mass is 32.2. The van der Waals surface area contributed by atoms with Crippen LogP contribution in [-0.2, 0) is 4.79 Å². The van der Waals surface area contributed by atoms with E-state index in [1.807, 2.05) is 32.0 Å². The standard InChI is InChI=1S/C14H14N6O2S/c1-8-3-9(2)5-10(4-8)16-12(22)7-23-14-19-18-13-17-11(21)6-15-20(13)14/h3-6H,7H2,1-2H3,(H,16,22)(H,17,18,21). The van der Waals surface area contributed by atoms with E-state index in [9.17, 15) is 9.59 Å². The van der Waals surface area contributed by atoms with Crippen molar-refractivity contribution in [3.63, 3.8) is 0 Å². The summed E-state index contributed by atoms with van der Waals surface area (Å²) in [5.41, 5.74) is 2.59. The summed E-state index contributed by atoms with van der Waals surface area (Å²) in [7, 11) is 0. The number of nitrogens with one attached hydrogen (secondary N) is 2. The molecule has 2 aromatic heterocycles. The zero-order valence-electron chi connectivity index (χ0n) is 12.5. The van der Waals surface area contributed by atoms with E-state index in [0.29, 0.717) is 5.16 Å². The monoisotopic (exact) mass is 330 g/mol. The van der Waals surface area contributed by atoms with Gasteiger partial charge < -0.3 is 5.32 Å². The number of nitrogens with zero attached hydrogens (tertiary/aromatic N) is 4. The number of aromatic amines is 1. The number of aromatic nitrogens is 5. The molecule has 0 atom stereocenters. The number of hydrogen-bond donors (Lipinski definition) is 2. The summed E-state index contributed by atoms with van der Waals surface area (Å²) in [6.07, 6.45) is 1.13. The molecule has 0 aliphatic heterocycles. The third kappa shape index (κ3) is 3.57.